The van der Waals surface area contributed by atoms with E-state index in [-0.39, 0.29) is 18.1 Å². The normalized spacial score (nSPS) is 25.7. The van der Waals surface area contributed by atoms with E-state index in [2.05, 4.69) is 0 Å². The predicted octanol–water partition coefficient (Wildman–Crippen LogP) is 3.42. The second-order valence-electron chi connectivity index (χ2n) is 5.61. The number of hydrogen-bond donors (Lipinski definition) is 0. The van der Waals surface area contributed by atoms with Crippen LogP contribution in [0.4, 0.5) is 4.39 Å². The highest BCUT2D eigenvalue weighted by Crippen LogP contribution is 2.35. The molecule has 1 saturated heterocycles. The van der Waals surface area contributed by atoms with E-state index >= 15 is 0 Å². The fourth-order valence-corrected chi connectivity index (χ4v) is 3.63. The van der Waals surface area contributed by atoms with Gasteiger partial charge in [0.2, 0.25) is 5.91 Å². The van der Waals surface area contributed by atoms with E-state index in [1.165, 1.54) is 18.9 Å². The van der Waals surface area contributed by atoms with Crippen molar-refractivity contribution in [1.82, 2.24) is 4.90 Å². The van der Waals surface area contributed by atoms with Gasteiger partial charge in [-0.2, -0.15) is 0 Å². The molecule has 1 amide bonds. The van der Waals surface area contributed by atoms with Crippen molar-refractivity contribution in [2.75, 3.05) is 6.54 Å². The van der Waals surface area contributed by atoms with Crippen molar-refractivity contribution in [2.24, 2.45) is 5.92 Å². The average molecular weight is 282 g/mol. The number of carbonyl (C=O) groups is 1. The molecule has 2 bridgehead atoms. The zero-order valence-corrected chi connectivity index (χ0v) is 11.5. The molecule has 1 aliphatic carbocycles. The molecule has 4 heteroatoms. The van der Waals surface area contributed by atoms with Gasteiger partial charge in [-0.25, -0.2) is 4.39 Å². The summed E-state index contributed by atoms with van der Waals surface area (Å²) in [6.45, 7) is 0.843. The van der Waals surface area contributed by atoms with Crippen molar-refractivity contribution in [2.45, 2.75) is 38.1 Å². The van der Waals surface area contributed by atoms with Crippen LogP contribution >= 0.6 is 11.6 Å². The molecule has 2 atom stereocenters. The van der Waals surface area contributed by atoms with E-state index in [4.69, 9.17) is 11.6 Å². The first-order chi connectivity index (χ1) is 9.15. The summed E-state index contributed by atoms with van der Waals surface area (Å²) in [7, 11) is 0. The highest BCUT2D eigenvalue weighted by atomic mass is 35.5. The Kier molecular flexibility index (Phi) is 3.48. The number of hydrogen-bond acceptors (Lipinski definition) is 1. The quantitative estimate of drug-likeness (QED) is 0.813. The first-order valence-corrected chi connectivity index (χ1v) is 7.25. The Hall–Kier alpha value is -1.09. The molecule has 102 valence electrons. The smallest absolute Gasteiger partial charge is 0.227 e. The second-order valence-corrected chi connectivity index (χ2v) is 6.02. The van der Waals surface area contributed by atoms with E-state index in [0.29, 0.717) is 22.5 Å². The summed E-state index contributed by atoms with van der Waals surface area (Å²) in [6, 6.07) is 4.93. The van der Waals surface area contributed by atoms with Gasteiger partial charge in [-0.1, -0.05) is 24.1 Å². The molecule has 1 saturated carbocycles. The van der Waals surface area contributed by atoms with Crippen LogP contribution in [0.25, 0.3) is 0 Å². The van der Waals surface area contributed by atoms with E-state index < -0.39 is 0 Å². The summed E-state index contributed by atoms with van der Waals surface area (Å²) in [5, 5.41) is 0.343. The lowest BCUT2D eigenvalue weighted by atomic mass is 9.90. The fraction of sp³-hybridized carbons (Fsp3) is 0.533. The van der Waals surface area contributed by atoms with Crippen molar-refractivity contribution in [1.29, 1.82) is 0 Å². The topological polar surface area (TPSA) is 20.3 Å². The van der Waals surface area contributed by atoms with Gasteiger partial charge in [0, 0.05) is 23.2 Å². The number of fused-ring (bicyclic) bond motifs is 2. The van der Waals surface area contributed by atoms with Crippen LogP contribution in [0.5, 0.6) is 0 Å². The van der Waals surface area contributed by atoms with Gasteiger partial charge in [-0.3, -0.25) is 4.79 Å². The van der Waals surface area contributed by atoms with Crippen LogP contribution in [0.3, 0.4) is 0 Å². The summed E-state index contributed by atoms with van der Waals surface area (Å²) in [5.41, 5.74) is 0.329. The van der Waals surface area contributed by atoms with Gasteiger partial charge in [-0.15, -0.1) is 0 Å². The largest absolute Gasteiger partial charge is 0.339 e. The number of halogens is 2. The van der Waals surface area contributed by atoms with Gasteiger partial charge in [-0.05, 0) is 37.3 Å². The average Bonchev–Trinajstić information content (AvgIpc) is 2.69. The first kappa shape index (κ1) is 12.9. The number of carbonyl (C=O) groups excluding carboxylic acids is 1. The summed E-state index contributed by atoms with van der Waals surface area (Å²) in [5.74, 6) is 0.281. The minimum Gasteiger partial charge on any atom is -0.339 e. The van der Waals surface area contributed by atoms with E-state index in [1.54, 1.807) is 12.1 Å². The number of nitrogens with zero attached hydrogens (tertiary/aromatic N) is 1. The van der Waals surface area contributed by atoms with Crippen LogP contribution < -0.4 is 0 Å². The monoisotopic (exact) mass is 281 g/mol. The van der Waals surface area contributed by atoms with Gasteiger partial charge in [0.25, 0.3) is 0 Å². The van der Waals surface area contributed by atoms with Crippen LogP contribution in [-0.2, 0) is 11.2 Å². The number of likely N-dealkylation sites (tertiary alicyclic amines) is 1. The Morgan fingerprint density at radius 2 is 2.26 bits per heavy atom. The predicted molar refractivity (Wildman–Crippen MR) is 72.6 cm³/mol. The third kappa shape index (κ3) is 2.48. The maximum absolute atomic E-state index is 13.7. The van der Waals surface area contributed by atoms with Crippen LogP contribution in [0, 0.1) is 11.7 Å². The molecule has 0 radical (unpaired) electrons. The fourth-order valence-electron chi connectivity index (χ4n) is 3.40. The summed E-state index contributed by atoms with van der Waals surface area (Å²) in [6.07, 6.45) is 4.72. The lowest BCUT2D eigenvalue weighted by molar-refractivity contribution is -0.131. The van der Waals surface area contributed by atoms with E-state index in [0.717, 1.165) is 19.4 Å². The first-order valence-electron chi connectivity index (χ1n) is 6.87. The molecule has 19 heavy (non-hydrogen) atoms. The van der Waals surface area contributed by atoms with E-state index in [1.807, 2.05) is 4.90 Å². The number of amides is 1. The molecule has 1 aromatic carbocycles. The molecular formula is C15H17ClFNO. The Balaban J connectivity index is 1.75. The highest BCUT2D eigenvalue weighted by molar-refractivity contribution is 6.31. The molecule has 2 nitrogen and oxygen atoms in total. The zero-order valence-electron chi connectivity index (χ0n) is 10.7. The van der Waals surface area contributed by atoms with Crippen molar-refractivity contribution < 1.29 is 9.18 Å². The Bertz CT molecular complexity index is 485. The van der Waals surface area contributed by atoms with Crippen molar-refractivity contribution in [3.63, 3.8) is 0 Å². The van der Waals surface area contributed by atoms with Crippen LogP contribution in [-0.4, -0.2) is 23.4 Å². The van der Waals surface area contributed by atoms with Crippen molar-refractivity contribution in [3.8, 4) is 0 Å². The van der Waals surface area contributed by atoms with Crippen LogP contribution in [0.15, 0.2) is 18.2 Å². The van der Waals surface area contributed by atoms with Gasteiger partial charge in [0.05, 0.1) is 6.42 Å². The summed E-state index contributed by atoms with van der Waals surface area (Å²) < 4.78 is 13.7. The standard InChI is InChI=1S/C15H17ClFNO/c16-13-5-2-6-14(17)12(13)8-15(19)18-9-10-3-1-4-11(18)7-10/h2,5-6,10-11H,1,3-4,7-9H2/t10-,11+/m1/s1. The maximum atomic E-state index is 13.7. The Morgan fingerprint density at radius 3 is 3.00 bits per heavy atom. The van der Waals surface area contributed by atoms with Crippen LogP contribution in [0.2, 0.25) is 5.02 Å². The zero-order chi connectivity index (χ0) is 13.4. The third-order valence-electron chi connectivity index (χ3n) is 4.36. The molecule has 1 aliphatic heterocycles. The van der Waals surface area contributed by atoms with Gasteiger partial charge < -0.3 is 4.90 Å². The number of rotatable bonds is 2. The number of benzene rings is 1. The molecule has 3 rings (SSSR count). The molecule has 0 aromatic heterocycles. The molecule has 0 unspecified atom stereocenters. The van der Waals surface area contributed by atoms with E-state index in [9.17, 15) is 9.18 Å². The maximum Gasteiger partial charge on any atom is 0.227 e. The van der Waals surface area contributed by atoms with Crippen LogP contribution in [0.1, 0.15) is 31.2 Å². The molecule has 1 heterocycles. The minimum atomic E-state index is -0.386. The van der Waals surface area contributed by atoms with Gasteiger partial charge >= 0.3 is 0 Å². The molecule has 0 N–H and O–H groups in total. The Morgan fingerprint density at radius 1 is 1.42 bits per heavy atom. The van der Waals surface area contributed by atoms with Gasteiger partial charge in [0.15, 0.2) is 0 Å². The summed E-state index contributed by atoms with van der Waals surface area (Å²) in [4.78, 5) is 14.3. The Labute approximate surface area is 117 Å². The second kappa shape index (κ2) is 5.12. The lowest BCUT2D eigenvalue weighted by Crippen LogP contribution is -2.36. The molecule has 1 aromatic rings. The van der Waals surface area contributed by atoms with Crippen molar-refractivity contribution in [3.05, 3.63) is 34.6 Å². The molecule has 2 fully saturated rings. The molecular weight excluding hydrogens is 265 g/mol. The SMILES string of the molecule is O=C(Cc1c(F)cccc1Cl)N1C[C@@H]2CCC[C@H]1C2. The molecule has 0 spiro atoms. The summed E-state index contributed by atoms with van der Waals surface area (Å²) >= 11 is 5.98. The van der Waals surface area contributed by atoms with Gasteiger partial charge in [0.1, 0.15) is 5.82 Å². The third-order valence-corrected chi connectivity index (χ3v) is 4.71. The highest BCUT2D eigenvalue weighted by Gasteiger charge is 2.37. The lowest BCUT2D eigenvalue weighted by Gasteiger charge is -2.24. The van der Waals surface area contributed by atoms with Crippen molar-refractivity contribution >= 4 is 17.5 Å². The minimum absolute atomic E-state index is 0.0152. The molecule has 2 aliphatic rings.